The molecular weight excluding hydrogens is 305 g/mol. The first-order chi connectivity index (χ1) is 10.1. The minimum absolute atomic E-state index is 0.488. The monoisotopic (exact) mass is 317 g/mol. The van der Waals surface area contributed by atoms with E-state index >= 15 is 0 Å². The minimum atomic E-state index is -0.488. The Morgan fingerprint density at radius 3 is 1.67 bits per heavy atom. The van der Waals surface area contributed by atoms with Crippen LogP contribution in [0.1, 0.15) is 11.1 Å². The Bertz CT molecular complexity index is 638. The molecule has 0 aliphatic carbocycles. The van der Waals surface area contributed by atoms with Crippen LogP contribution in [-0.2, 0) is 4.79 Å². The second-order valence-corrected chi connectivity index (χ2v) is 5.23. The molecule has 0 saturated carbocycles. The SMILES string of the molecule is NC(=O)/C=C/C=C(c1ccc(Cl)cc1)c1ccc(Cl)cc1. The molecule has 0 saturated heterocycles. The average molecular weight is 318 g/mol. The van der Waals surface area contributed by atoms with Gasteiger partial charge in [-0.1, -0.05) is 59.6 Å². The first kappa shape index (κ1) is 15.4. The van der Waals surface area contributed by atoms with Gasteiger partial charge in [0.2, 0.25) is 5.91 Å². The molecule has 0 fully saturated rings. The van der Waals surface area contributed by atoms with E-state index in [1.165, 1.54) is 6.08 Å². The lowest BCUT2D eigenvalue weighted by Crippen LogP contribution is -2.05. The van der Waals surface area contributed by atoms with Crippen LogP contribution in [0, 0.1) is 0 Å². The molecule has 0 heterocycles. The molecule has 2 nitrogen and oxygen atoms in total. The van der Waals surface area contributed by atoms with Crippen molar-refractivity contribution in [1.29, 1.82) is 0 Å². The maximum Gasteiger partial charge on any atom is 0.241 e. The molecule has 21 heavy (non-hydrogen) atoms. The van der Waals surface area contributed by atoms with Crippen LogP contribution in [-0.4, -0.2) is 5.91 Å². The predicted octanol–water partition coefficient (Wildman–Crippen LogP) is 4.47. The Balaban J connectivity index is 2.45. The molecule has 0 aliphatic heterocycles. The number of allylic oxidation sites excluding steroid dienone is 2. The van der Waals surface area contributed by atoms with Gasteiger partial charge in [-0.25, -0.2) is 0 Å². The molecule has 0 bridgehead atoms. The van der Waals surface area contributed by atoms with Gasteiger partial charge in [0.15, 0.2) is 0 Å². The number of benzene rings is 2. The van der Waals surface area contributed by atoms with Crippen molar-refractivity contribution in [2.75, 3.05) is 0 Å². The number of carbonyl (C=O) groups excluding carboxylic acids is 1. The van der Waals surface area contributed by atoms with Crippen LogP contribution < -0.4 is 5.73 Å². The zero-order chi connectivity index (χ0) is 15.2. The van der Waals surface area contributed by atoms with Crippen LogP contribution in [0.3, 0.4) is 0 Å². The Labute approximate surface area is 133 Å². The van der Waals surface area contributed by atoms with E-state index in [1.807, 2.05) is 54.6 Å². The van der Waals surface area contributed by atoms with E-state index in [0.29, 0.717) is 10.0 Å². The van der Waals surface area contributed by atoms with Crippen molar-refractivity contribution >= 4 is 34.7 Å². The van der Waals surface area contributed by atoms with Crippen molar-refractivity contribution in [3.63, 3.8) is 0 Å². The highest BCUT2D eigenvalue weighted by molar-refractivity contribution is 6.31. The number of nitrogens with two attached hydrogens (primary N) is 1. The quantitative estimate of drug-likeness (QED) is 0.656. The van der Waals surface area contributed by atoms with Crippen molar-refractivity contribution in [1.82, 2.24) is 0 Å². The van der Waals surface area contributed by atoms with Crippen LogP contribution in [0.4, 0.5) is 0 Å². The van der Waals surface area contributed by atoms with E-state index in [-0.39, 0.29) is 0 Å². The van der Waals surface area contributed by atoms with Crippen LogP contribution >= 0.6 is 23.2 Å². The number of hydrogen-bond donors (Lipinski definition) is 1. The smallest absolute Gasteiger partial charge is 0.241 e. The topological polar surface area (TPSA) is 43.1 Å². The Kier molecular flexibility index (Phi) is 5.20. The number of halogens is 2. The molecule has 0 atom stereocenters. The van der Waals surface area contributed by atoms with Crippen molar-refractivity contribution in [3.05, 3.63) is 87.9 Å². The number of amides is 1. The molecule has 106 valence electrons. The van der Waals surface area contributed by atoms with E-state index in [2.05, 4.69) is 0 Å². The largest absolute Gasteiger partial charge is 0.366 e. The van der Waals surface area contributed by atoms with Crippen molar-refractivity contribution < 1.29 is 4.79 Å². The number of hydrogen-bond acceptors (Lipinski definition) is 1. The summed E-state index contributed by atoms with van der Waals surface area (Å²) in [5.74, 6) is -0.488. The van der Waals surface area contributed by atoms with Gasteiger partial charge in [-0.05, 0) is 41.0 Å². The maximum atomic E-state index is 10.8. The lowest BCUT2D eigenvalue weighted by molar-refractivity contribution is -0.113. The van der Waals surface area contributed by atoms with E-state index < -0.39 is 5.91 Å². The molecule has 0 radical (unpaired) electrons. The summed E-state index contributed by atoms with van der Waals surface area (Å²) in [4.78, 5) is 10.8. The third-order valence-electron chi connectivity index (χ3n) is 2.83. The predicted molar refractivity (Wildman–Crippen MR) is 88.3 cm³/mol. The zero-order valence-corrected chi connectivity index (χ0v) is 12.6. The molecule has 2 rings (SSSR count). The lowest BCUT2D eigenvalue weighted by Gasteiger charge is -2.08. The number of rotatable bonds is 4. The Morgan fingerprint density at radius 1 is 0.857 bits per heavy atom. The van der Waals surface area contributed by atoms with Gasteiger partial charge in [0.05, 0.1) is 0 Å². The first-order valence-electron chi connectivity index (χ1n) is 6.26. The van der Waals surface area contributed by atoms with Gasteiger partial charge in [-0.3, -0.25) is 4.79 Å². The van der Waals surface area contributed by atoms with Gasteiger partial charge in [-0.2, -0.15) is 0 Å². The summed E-state index contributed by atoms with van der Waals surface area (Å²) in [6.45, 7) is 0. The average Bonchev–Trinajstić information content (AvgIpc) is 2.46. The second-order valence-electron chi connectivity index (χ2n) is 4.36. The molecule has 2 N–H and O–H groups in total. The fourth-order valence-electron chi connectivity index (χ4n) is 1.86. The summed E-state index contributed by atoms with van der Waals surface area (Å²) >= 11 is 11.8. The molecule has 0 spiro atoms. The van der Waals surface area contributed by atoms with Crippen molar-refractivity contribution in [3.8, 4) is 0 Å². The number of carbonyl (C=O) groups is 1. The van der Waals surface area contributed by atoms with Crippen molar-refractivity contribution in [2.24, 2.45) is 5.73 Å². The van der Waals surface area contributed by atoms with Gasteiger partial charge in [0, 0.05) is 16.1 Å². The summed E-state index contributed by atoms with van der Waals surface area (Å²) in [7, 11) is 0. The van der Waals surface area contributed by atoms with Crippen LogP contribution in [0.15, 0.2) is 66.8 Å². The summed E-state index contributed by atoms with van der Waals surface area (Å²) in [5, 5.41) is 1.34. The van der Waals surface area contributed by atoms with Crippen LogP contribution in [0.5, 0.6) is 0 Å². The van der Waals surface area contributed by atoms with Gasteiger partial charge < -0.3 is 5.73 Å². The standard InChI is InChI=1S/C17H13Cl2NO/c18-14-8-4-12(5-9-14)16(2-1-3-17(20)21)13-6-10-15(19)11-7-13/h1-11H,(H2,20,21)/b3-1+. The Morgan fingerprint density at radius 2 is 1.29 bits per heavy atom. The van der Waals surface area contributed by atoms with E-state index in [4.69, 9.17) is 28.9 Å². The molecule has 2 aromatic carbocycles. The highest BCUT2D eigenvalue weighted by Crippen LogP contribution is 2.26. The maximum absolute atomic E-state index is 10.8. The molecule has 2 aromatic rings. The summed E-state index contributed by atoms with van der Waals surface area (Å²) < 4.78 is 0. The minimum Gasteiger partial charge on any atom is -0.366 e. The summed E-state index contributed by atoms with van der Waals surface area (Å²) in [6.07, 6.45) is 4.77. The Hall–Kier alpha value is -2.03. The molecule has 0 aliphatic rings. The third-order valence-corrected chi connectivity index (χ3v) is 3.34. The van der Waals surface area contributed by atoms with E-state index in [1.54, 1.807) is 6.08 Å². The van der Waals surface area contributed by atoms with E-state index in [9.17, 15) is 4.79 Å². The third kappa shape index (κ3) is 4.48. The highest BCUT2D eigenvalue weighted by atomic mass is 35.5. The fourth-order valence-corrected chi connectivity index (χ4v) is 2.11. The van der Waals surface area contributed by atoms with Crippen LogP contribution in [0.2, 0.25) is 10.0 Å². The highest BCUT2D eigenvalue weighted by Gasteiger charge is 2.04. The molecule has 1 amide bonds. The van der Waals surface area contributed by atoms with E-state index in [0.717, 1.165) is 16.7 Å². The zero-order valence-electron chi connectivity index (χ0n) is 11.1. The lowest BCUT2D eigenvalue weighted by atomic mass is 9.97. The molecule has 4 heteroatoms. The summed E-state index contributed by atoms with van der Waals surface area (Å²) in [5.41, 5.74) is 8.02. The fraction of sp³-hybridized carbons (Fsp3) is 0. The second kappa shape index (κ2) is 7.11. The molecule has 0 aromatic heterocycles. The van der Waals surface area contributed by atoms with Crippen LogP contribution in [0.25, 0.3) is 5.57 Å². The van der Waals surface area contributed by atoms with Gasteiger partial charge in [-0.15, -0.1) is 0 Å². The van der Waals surface area contributed by atoms with Gasteiger partial charge in [0.1, 0.15) is 0 Å². The van der Waals surface area contributed by atoms with Gasteiger partial charge in [0.25, 0.3) is 0 Å². The summed E-state index contributed by atoms with van der Waals surface area (Å²) in [6, 6.07) is 14.9. The normalized spacial score (nSPS) is 10.6. The van der Waals surface area contributed by atoms with Crippen molar-refractivity contribution in [2.45, 2.75) is 0 Å². The first-order valence-corrected chi connectivity index (χ1v) is 7.01. The molecular formula is C17H13Cl2NO. The van der Waals surface area contributed by atoms with Gasteiger partial charge >= 0.3 is 0 Å². The molecule has 0 unspecified atom stereocenters. The number of primary amides is 1.